The number of carbonyl (C=O) groups is 5. The standard InChI is InChI=1S/C40H41F5N6O2S.2C4H6O4/c1-26(2)49-17-15-34(16-18-49)51(22-27-7-9-29(10-8-27)30-11-13-33(14-12-30)40(43,44)45)36(52)24-50-23-32(19-28-20-46-48(3)21-28)38(53)47-39(50)54-25-31-5-4-6-35(41)37(31)42;2*5-3(6)1-2-4(7)8/h4-14,20-21,23,26,34H,15-19,22,24-25H2,1-3H3;2*1-2H2,(H,5,6)(H,7,8). The molecule has 1 aliphatic rings. The second kappa shape index (κ2) is 26.2. The van der Waals surface area contributed by atoms with Crippen molar-refractivity contribution < 1.29 is 66.4 Å². The van der Waals surface area contributed by atoms with Gasteiger partial charge < -0.3 is 34.8 Å². The van der Waals surface area contributed by atoms with Gasteiger partial charge >= 0.3 is 30.1 Å². The molecule has 0 radical (unpaired) electrons. The van der Waals surface area contributed by atoms with Crippen molar-refractivity contribution in [3.8, 4) is 11.1 Å². The maximum atomic E-state index is 14.6. The van der Waals surface area contributed by atoms with E-state index in [0.717, 1.165) is 72.6 Å². The van der Waals surface area contributed by atoms with E-state index in [2.05, 4.69) is 28.8 Å². The van der Waals surface area contributed by atoms with Crippen molar-refractivity contribution in [1.29, 1.82) is 0 Å². The Morgan fingerprint density at radius 3 is 1.80 bits per heavy atom. The molecule has 5 aromatic rings. The summed E-state index contributed by atoms with van der Waals surface area (Å²) in [6, 6.07) is 16.6. The number of halogens is 5. The number of aromatic nitrogens is 4. The summed E-state index contributed by atoms with van der Waals surface area (Å²) in [5, 5.41) is 36.0. The maximum Gasteiger partial charge on any atom is 0.416 e. The molecule has 1 amide bonds. The number of carbonyl (C=O) groups excluding carboxylic acids is 1. The van der Waals surface area contributed by atoms with Gasteiger partial charge in [0.25, 0.3) is 5.56 Å². The monoisotopic (exact) mass is 1000 g/mol. The van der Waals surface area contributed by atoms with E-state index in [1.165, 1.54) is 24.3 Å². The molecule has 1 aliphatic heterocycles. The number of amides is 1. The molecule has 0 atom stereocenters. The number of thioether (sulfide) groups is 1. The van der Waals surface area contributed by atoms with Gasteiger partial charge in [0.15, 0.2) is 16.8 Å². The van der Waals surface area contributed by atoms with Gasteiger partial charge in [0.1, 0.15) is 6.54 Å². The van der Waals surface area contributed by atoms with Gasteiger partial charge in [0.2, 0.25) is 5.91 Å². The Bertz CT molecular complexity index is 2580. The number of carboxylic acid groups (broad SMARTS) is 4. The van der Waals surface area contributed by atoms with Crippen molar-refractivity contribution in [3.05, 3.63) is 135 Å². The quantitative estimate of drug-likeness (QED) is 0.0377. The van der Waals surface area contributed by atoms with Crippen molar-refractivity contribution in [3.63, 3.8) is 0 Å². The molecule has 0 bridgehead atoms. The summed E-state index contributed by atoms with van der Waals surface area (Å²) in [5.41, 5.74) is 2.26. The molecule has 3 aromatic carbocycles. The third-order valence-corrected chi connectivity index (χ3v) is 11.9. The molecule has 376 valence electrons. The Morgan fingerprint density at radius 2 is 1.31 bits per heavy atom. The zero-order valence-electron chi connectivity index (χ0n) is 38.4. The third-order valence-electron chi connectivity index (χ3n) is 10.8. The van der Waals surface area contributed by atoms with Crippen molar-refractivity contribution in [1.82, 2.24) is 29.1 Å². The van der Waals surface area contributed by atoms with E-state index in [9.17, 15) is 50.7 Å². The Kier molecular flexibility index (Phi) is 20.8. The van der Waals surface area contributed by atoms with Gasteiger partial charge in [-0.1, -0.05) is 60.3 Å². The van der Waals surface area contributed by atoms with Crippen LogP contribution in [0.5, 0.6) is 0 Å². The zero-order chi connectivity index (χ0) is 51.7. The summed E-state index contributed by atoms with van der Waals surface area (Å²) in [7, 11) is 1.77. The van der Waals surface area contributed by atoms with E-state index >= 15 is 0 Å². The summed E-state index contributed by atoms with van der Waals surface area (Å²) < 4.78 is 71.2. The number of rotatable bonds is 18. The van der Waals surface area contributed by atoms with Crippen LogP contribution in [0, 0.1) is 11.6 Å². The highest BCUT2D eigenvalue weighted by Gasteiger charge is 2.31. The lowest BCUT2D eigenvalue weighted by molar-refractivity contribution is -0.143. The molecular formula is C48H53F5N6O10S. The van der Waals surface area contributed by atoms with Crippen molar-refractivity contribution in [2.75, 3.05) is 13.1 Å². The summed E-state index contributed by atoms with van der Waals surface area (Å²) in [6.45, 7) is 6.04. The highest BCUT2D eigenvalue weighted by molar-refractivity contribution is 7.98. The van der Waals surface area contributed by atoms with Crippen molar-refractivity contribution >= 4 is 41.5 Å². The summed E-state index contributed by atoms with van der Waals surface area (Å²) in [6.07, 6.45) is 1.19. The summed E-state index contributed by atoms with van der Waals surface area (Å²) >= 11 is 1.04. The molecular weight excluding hydrogens is 948 g/mol. The molecule has 1 fully saturated rings. The molecule has 70 heavy (non-hydrogen) atoms. The van der Waals surface area contributed by atoms with Crippen LogP contribution in [0.3, 0.4) is 0 Å². The van der Waals surface area contributed by atoms with E-state index in [4.69, 9.17) is 20.4 Å². The minimum absolute atomic E-state index is 0.0190. The fraction of sp³-hybridized carbons (Fsp3) is 0.375. The van der Waals surface area contributed by atoms with Crippen molar-refractivity contribution in [2.24, 2.45) is 7.05 Å². The molecule has 4 N–H and O–H groups in total. The molecule has 0 aliphatic carbocycles. The van der Waals surface area contributed by atoms with Gasteiger partial charge in [0, 0.05) is 74.5 Å². The lowest BCUT2D eigenvalue weighted by atomic mass is 9.99. The highest BCUT2D eigenvalue weighted by atomic mass is 32.2. The molecule has 0 spiro atoms. The SMILES string of the molecule is CC(C)N1CCC(N(Cc2ccc(-c3ccc(C(F)(F)F)cc3)cc2)C(=O)Cn2cc(Cc3cnn(C)c3)c(=O)nc2SCc2cccc(F)c2F)CC1.O=C(O)CCC(=O)O.O=C(O)CCC(=O)O. The molecule has 0 saturated carbocycles. The number of hydrogen-bond donors (Lipinski definition) is 4. The van der Waals surface area contributed by atoms with E-state index in [-0.39, 0.29) is 73.6 Å². The number of alkyl halides is 3. The normalized spacial score (nSPS) is 12.9. The van der Waals surface area contributed by atoms with Gasteiger partial charge in [-0.2, -0.15) is 23.3 Å². The highest BCUT2D eigenvalue weighted by Crippen LogP contribution is 2.32. The number of carboxylic acids is 4. The molecule has 22 heteroatoms. The second-order valence-electron chi connectivity index (χ2n) is 16.4. The maximum absolute atomic E-state index is 14.6. The number of benzene rings is 3. The first-order valence-corrected chi connectivity index (χ1v) is 22.8. The van der Waals surface area contributed by atoms with Crippen LogP contribution >= 0.6 is 11.8 Å². The van der Waals surface area contributed by atoms with E-state index in [0.29, 0.717) is 17.2 Å². The number of piperidine rings is 1. The van der Waals surface area contributed by atoms with E-state index in [1.54, 1.807) is 34.9 Å². The number of hydrogen-bond acceptors (Lipinski definition) is 10. The van der Waals surface area contributed by atoms with Crippen LogP contribution in [0.4, 0.5) is 22.0 Å². The molecule has 16 nitrogen and oxygen atoms in total. The first kappa shape index (κ1) is 55.7. The van der Waals surface area contributed by atoms with Gasteiger partial charge in [0.05, 0.1) is 37.4 Å². The molecule has 3 heterocycles. The first-order valence-electron chi connectivity index (χ1n) is 21.8. The first-order chi connectivity index (χ1) is 33.0. The summed E-state index contributed by atoms with van der Waals surface area (Å²) in [4.78, 5) is 74.9. The number of nitrogens with zero attached hydrogens (tertiary/aromatic N) is 6. The smallest absolute Gasteiger partial charge is 0.416 e. The number of aryl methyl sites for hydroxylation is 1. The predicted molar refractivity (Wildman–Crippen MR) is 247 cm³/mol. The molecule has 0 unspecified atom stereocenters. The zero-order valence-corrected chi connectivity index (χ0v) is 39.3. The van der Waals surface area contributed by atoms with Crippen LogP contribution in [0.1, 0.15) is 80.2 Å². The van der Waals surface area contributed by atoms with Gasteiger partial charge in [-0.3, -0.25) is 33.4 Å². The Morgan fingerprint density at radius 1 is 0.771 bits per heavy atom. The van der Waals surface area contributed by atoms with Crippen LogP contribution in [0.25, 0.3) is 11.1 Å². The lowest BCUT2D eigenvalue weighted by Gasteiger charge is -2.40. The summed E-state index contributed by atoms with van der Waals surface area (Å²) in [5.74, 6) is -6.49. The predicted octanol–water partition coefficient (Wildman–Crippen LogP) is 7.60. The topological polar surface area (TPSA) is 225 Å². The fourth-order valence-electron chi connectivity index (χ4n) is 7.11. The molecule has 6 rings (SSSR count). The average Bonchev–Trinajstić information content (AvgIpc) is 3.72. The van der Waals surface area contributed by atoms with Crippen LogP contribution in [-0.4, -0.2) is 105 Å². The lowest BCUT2D eigenvalue weighted by Crippen LogP contribution is -2.49. The van der Waals surface area contributed by atoms with Crippen molar-refractivity contribution in [2.45, 2.75) is 101 Å². The van der Waals surface area contributed by atoms with Gasteiger partial charge in [-0.05, 0) is 67.1 Å². The van der Waals surface area contributed by atoms with Gasteiger partial charge in [-0.15, -0.1) is 0 Å². The van der Waals surface area contributed by atoms with Crippen LogP contribution in [-0.2, 0) is 62.5 Å². The second-order valence-corrected chi connectivity index (χ2v) is 17.4. The van der Waals surface area contributed by atoms with Crippen LogP contribution < -0.4 is 5.56 Å². The fourth-order valence-corrected chi connectivity index (χ4v) is 8.04. The minimum Gasteiger partial charge on any atom is -0.481 e. The molecule has 2 aromatic heterocycles. The number of likely N-dealkylation sites (tertiary alicyclic amines) is 1. The Hall–Kier alpha value is -6.94. The van der Waals surface area contributed by atoms with E-state index < -0.39 is 52.8 Å². The molecule has 1 saturated heterocycles. The largest absolute Gasteiger partial charge is 0.481 e. The van der Waals surface area contributed by atoms with E-state index in [1.807, 2.05) is 29.2 Å². The number of aliphatic carboxylic acids is 4. The Balaban J connectivity index is 0.000000571. The average molecular weight is 1000 g/mol. The third kappa shape index (κ3) is 17.9. The Labute approximate surface area is 403 Å². The van der Waals surface area contributed by atoms with Crippen LogP contribution in [0.2, 0.25) is 0 Å². The van der Waals surface area contributed by atoms with Crippen LogP contribution in [0.15, 0.2) is 95.3 Å². The minimum atomic E-state index is -4.42. The van der Waals surface area contributed by atoms with Gasteiger partial charge in [-0.25, -0.2) is 8.78 Å².